The van der Waals surface area contributed by atoms with E-state index in [-0.39, 0.29) is 5.75 Å². The number of anilines is 2. The number of fused-ring (bicyclic) bond motifs is 2. The Morgan fingerprint density at radius 1 is 0.676 bits per heavy atom. The molecule has 0 saturated carbocycles. The second-order valence-electron chi connectivity index (χ2n) is 10.5. The Kier molecular flexibility index (Phi) is 12.3. The monoisotopic (exact) mass is 529 g/mol. The van der Waals surface area contributed by atoms with Crippen LogP contribution in [0.25, 0.3) is 0 Å². The van der Waals surface area contributed by atoms with Crippen molar-refractivity contribution in [3.8, 4) is 11.5 Å². The van der Waals surface area contributed by atoms with Gasteiger partial charge in [-0.1, -0.05) is 90.2 Å². The van der Waals surface area contributed by atoms with E-state index < -0.39 is 10.1 Å². The van der Waals surface area contributed by atoms with Crippen LogP contribution in [0.1, 0.15) is 108 Å². The highest BCUT2D eigenvalue weighted by Gasteiger charge is 2.25. The maximum Gasteiger partial charge on any atom is 0.264 e. The molecule has 1 N–H and O–H groups in total. The van der Waals surface area contributed by atoms with Gasteiger partial charge in [0.05, 0.1) is 17.1 Å². The molecule has 0 aliphatic carbocycles. The van der Waals surface area contributed by atoms with Gasteiger partial charge >= 0.3 is 0 Å². The molecule has 5 nitrogen and oxygen atoms in total. The average molecular weight is 530 g/mol. The summed E-state index contributed by atoms with van der Waals surface area (Å²) >= 11 is 0. The molecule has 0 saturated heterocycles. The van der Waals surface area contributed by atoms with Crippen molar-refractivity contribution in [1.82, 2.24) is 0 Å². The lowest BCUT2D eigenvalue weighted by molar-refractivity contribution is 0.470. The van der Waals surface area contributed by atoms with E-state index in [0.717, 1.165) is 35.7 Å². The van der Waals surface area contributed by atoms with Crippen LogP contribution in [0.4, 0.5) is 11.4 Å². The van der Waals surface area contributed by atoms with Gasteiger partial charge in [0.2, 0.25) is 0 Å². The fraction of sp³-hybridized carbons (Fsp3) is 0.613. The molecule has 0 bridgehead atoms. The summed E-state index contributed by atoms with van der Waals surface area (Å²) in [5.41, 5.74) is 4.54. The third-order valence-corrected chi connectivity index (χ3v) is 8.07. The van der Waals surface area contributed by atoms with Crippen LogP contribution in [0.2, 0.25) is 0 Å². The zero-order valence-corrected chi connectivity index (χ0v) is 23.8. The van der Waals surface area contributed by atoms with Crippen LogP contribution in [0, 0.1) is 0 Å². The van der Waals surface area contributed by atoms with Gasteiger partial charge < -0.3 is 9.64 Å². The Morgan fingerprint density at radius 3 is 1.59 bits per heavy atom. The van der Waals surface area contributed by atoms with Crippen LogP contribution in [0.3, 0.4) is 0 Å². The van der Waals surface area contributed by atoms with Crippen LogP contribution in [0.15, 0.2) is 36.4 Å². The highest BCUT2D eigenvalue weighted by atomic mass is 32.2. The quantitative estimate of drug-likeness (QED) is 0.154. The Balaban J connectivity index is 1.73. The molecule has 3 rings (SSSR count). The zero-order chi connectivity index (χ0) is 26.5. The number of ether oxygens (including phenoxy) is 1. The SMILES string of the molecule is CCCCCCCCc1ccc2c(c1)N(CCCS(=O)(=O)O)c1cc(CCCCCCCC)ccc1O2. The highest BCUT2D eigenvalue weighted by molar-refractivity contribution is 7.85. The summed E-state index contributed by atoms with van der Waals surface area (Å²) in [4.78, 5) is 2.19. The summed E-state index contributed by atoms with van der Waals surface area (Å²) in [5.74, 6) is 1.36. The first kappa shape index (κ1) is 29.5. The molecule has 0 radical (unpaired) electrons. The third kappa shape index (κ3) is 9.97. The van der Waals surface area contributed by atoms with Crippen LogP contribution >= 0.6 is 0 Å². The largest absolute Gasteiger partial charge is 0.453 e. The summed E-state index contributed by atoms with van der Waals surface area (Å²) in [6, 6.07) is 12.8. The molecule has 206 valence electrons. The second kappa shape index (κ2) is 15.4. The van der Waals surface area contributed by atoms with Crippen molar-refractivity contribution in [1.29, 1.82) is 0 Å². The normalized spacial score (nSPS) is 12.8. The number of aryl methyl sites for hydroxylation is 2. The Hall–Kier alpha value is -2.05. The van der Waals surface area contributed by atoms with Gasteiger partial charge in [-0.15, -0.1) is 0 Å². The second-order valence-corrected chi connectivity index (χ2v) is 12.1. The minimum atomic E-state index is -4.00. The first-order valence-corrected chi connectivity index (χ1v) is 16.2. The molecular weight excluding hydrogens is 482 g/mol. The summed E-state index contributed by atoms with van der Waals surface area (Å²) in [5, 5.41) is 0. The van der Waals surface area contributed by atoms with Crippen LogP contribution in [-0.4, -0.2) is 25.3 Å². The molecule has 37 heavy (non-hydrogen) atoms. The summed E-state index contributed by atoms with van der Waals surface area (Å²) < 4.78 is 38.4. The molecule has 1 heterocycles. The molecule has 0 unspecified atom stereocenters. The predicted molar refractivity (Wildman–Crippen MR) is 155 cm³/mol. The Morgan fingerprint density at radius 2 is 1.14 bits per heavy atom. The van der Waals surface area contributed by atoms with E-state index in [4.69, 9.17) is 4.74 Å². The summed E-state index contributed by atoms with van der Waals surface area (Å²) in [6.07, 6.45) is 17.6. The maximum atomic E-state index is 11.4. The minimum Gasteiger partial charge on any atom is -0.453 e. The fourth-order valence-corrected chi connectivity index (χ4v) is 5.64. The molecule has 1 aliphatic heterocycles. The number of benzene rings is 2. The van der Waals surface area contributed by atoms with E-state index in [1.54, 1.807) is 0 Å². The molecule has 0 aromatic heterocycles. The van der Waals surface area contributed by atoms with Crippen molar-refractivity contribution in [2.24, 2.45) is 0 Å². The number of nitrogens with zero attached hydrogens (tertiary/aromatic N) is 1. The van der Waals surface area contributed by atoms with Crippen molar-refractivity contribution in [2.45, 2.75) is 110 Å². The highest BCUT2D eigenvalue weighted by Crippen LogP contribution is 2.47. The van der Waals surface area contributed by atoms with Crippen molar-refractivity contribution in [3.05, 3.63) is 47.5 Å². The standard InChI is InChI=1S/C31H47NO4S/c1-3-5-7-9-11-13-16-26-18-20-30-28(24-26)32(22-15-23-37(33,34)35)29-25-27(19-21-31(29)36-30)17-14-12-10-8-6-4-2/h18-21,24-25H,3-17,22-23H2,1-2H3,(H,33,34,35). The summed E-state index contributed by atoms with van der Waals surface area (Å²) in [6.45, 7) is 4.99. The molecule has 2 aromatic carbocycles. The first-order valence-electron chi connectivity index (χ1n) is 14.6. The summed E-state index contributed by atoms with van der Waals surface area (Å²) in [7, 11) is -4.00. The number of rotatable bonds is 18. The Bertz CT molecular complexity index is 1000. The Labute approximate surface area is 225 Å². The van der Waals surface area contributed by atoms with Gasteiger partial charge in [0, 0.05) is 6.54 Å². The van der Waals surface area contributed by atoms with Gasteiger partial charge in [0.1, 0.15) is 0 Å². The number of hydrogen-bond donors (Lipinski definition) is 1. The molecule has 6 heteroatoms. The van der Waals surface area contributed by atoms with Crippen LogP contribution < -0.4 is 9.64 Å². The smallest absolute Gasteiger partial charge is 0.264 e. The van der Waals surface area contributed by atoms with Gasteiger partial charge in [-0.25, -0.2) is 0 Å². The molecular formula is C31H47NO4S. The predicted octanol–water partition coefficient (Wildman–Crippen LogP) is 9.01. The average Bonchev–Trinajstić information content (AvgIpc) is 2.87. The van der Waals surface area contributed by atoms with Gasteiger partial charge in [-0.2, -0.15) is 8.42 Å². The third-order valence-electron chi connectivity index (χ3n) is 7.27. The van der Waals surface area contributed by atoms with Gasteiger partial charge in [-0.3, -0.25) is 4.55 Å². The lowest BCUT2D eigenvalue weighted by Gasteiger charge is -2.33. The van der Waals surface area contributed by atoms with E-state index in [2.05, 4.69) is 43.0 Å². The van der Waals surface area contributed by atoms with Crippen LogP contribution in [0.5, 0.6) is 11.5 Å². The van der Waals surface area contributed by atoms with Crippen molar-refractivity contribution < 1.29 is 17.7 Å². The van der Waals surface area contributed by atoms with E-state index in [1.807, 2.05) is 12.1 Å². The molecule has 0 spiro atoms. The molecule has 0 atom stereocenters. The topological polar surface area (TPSA) is 66.8 Å². The van der Waals surface area contributed by atoms with Gasteiger partial charge in [-0.05, 0) is 67.5 Å². The number of hydrogen-bond acceptors (Lipinski definition) is 4. The zero-order valence-electron chi connectivity index (χ0n) is 23.0. The van der Waals surface area contributed by atoms with Crippen molar-refractivity contribution >= 4 is 21.5 Å². The van der Waals surface area contributed by atoms with E-state index in [1.165, 1.54) is 88.2 Å². The molecule has 0 fully saturated rings. The lowest BCUT2D eigenvalue weighted by Crippen LogP contribution is -2.24. The van der Waals surface area contributed by atoms with E-state index in [9.17, 15) is 13.0 Å². The molecule has 0 amide bonds. The van der Waals surface area contributed by atoms with E-state index in [0.29, 0.717) is 13.0 Å². The minimum absolute atomic E-state index is 0.246. The first-order chi connectivity index (χ1) is 17.9. The van der Waals surface area contributed by atoms with Crippen molar-refractivity contribution in [3.63, 3.8) is 0 Å². The lowest BCUT2D eigenvalue weighted by atomic mass is 10.0. The van der Waals surface area contributed by atoms with Gasteiger partial charge in [0.25, 0.3) is 10.1 Å². The molecule has 2 aromatic rings. The van der Waals surface area contributed by atoms with E-state index >= 15 is 0 Å². The van der Waals surface area contributed by atoms with Crippen molar-refractivity contribution in [2.75, 3.05) is 17.2 Å². The fourth-order valence-electron chi connectivity index (χ4n) is 5.14. The van der Waals surface area contributed by atoms with Crippen LogP contribution in [-0.2, 0) is 23.0 Å². The van der Waals surface area contributed by atoms with Gasteiger partial charge in [0.15, 0.2) is 11.5 Å². The maximum absolute atomic E-state index is 11.4. The number of unbranched alkanes of at least 4 members (excludes halogenated alkanes) is 10. The molecule has 1 aliphatic rings.